The third-order valence-electron chi connectivity index (χ3n) is 3.74. The largest absolute Gasteiger partial charge is 0.481 e. The highest BCUT2D eigenvalue weighted by Gasteiger charge is 2.25. The second-order valence-electron chi connectivity index (χ2n) is 5.26. The highest BCUT2D eigenvalue weighted by Crippen LogP contribution is 2.26. The summed E-state index contributed by atoms with van der Waals surface area (Å²) in [5, 5.41) is 20.9. The van der Waals surface area contributed by atoms with Crippen LogP contribution >= 0.6 is 0 Å². The number of rotatable bonds is 3. The van der Waals surface area contributed by atoms with Crippen LogP contribution in [0.5, 0.6) is 0 Å². The molecule has 2 aromatic heterocycles. The van der Waals surface area contributed by atoms with Crippen LogP contribution in [0.25, 0.3) is 5.65 Å². The number of carboxylic acids is 1. The Morgan fingerprint density at radius 1 is 1.30 bits per heavy atom. The van der Waals surface area contributed by atoms with E-state index in [0.717, 1.165) is 37.1 Å². The first kappa shape index (κ1) is 12.8. The van der Waals surface area contributed by atoms with Gasteiger partial charge in [-0.2, -0.15) is 0 Å². The van der Waals surface area contributed by atoms with Gasteiger partial charge in [-0.25, -0.2) is 4.98 Å². The summed E-state index contributed by atoms with van der Waals surface area (Å²) in [5.74, 6) is 0.570. The van der Waals surface area contributed by atoms with Crippen LogP contribution in [0.1, 0.15) is 31.5 Å². The monoisotopic (exact) mass is 275 g/mol. The summed E-state index contributed by atoms with van der Waals surface area (Å²) in [4.78, 5) is 15.1. The fourth-order valence-electron chi connectivity index (χ4n) is 2.66. The van der Waals surface area contributed by atoms with Gasteiger partial charge in [-0.3, -0.25) is 4.79 Å². The molecule has 0 saturated heterocycles. The van der Waals surface area contributed by atoms with Crippen LogP contribution in [0.3, 0.4) is 0 Å². The first-order chi connectivity index (χ1) is 9.61. The number of carbonyl (C=O) groups is 1. The summed E-state index contributed by atoms with van der Waals surface area (Å²) in [6, 6.07) is 4.03. The predicted molar refractivity (Wildman–Crippen MR) is 72.5 cm³/mol. The molecule has 1 aliphatic rings. The molecule has 0 amide bonds. The summed E-state index contributed by atoms with van der Waals surface area (Å²) in [6.07, 6.45) is 3.15. The van der Waals surface area contributed by atoms with Crippen LogP contribution in [-0.2, 0) is 4.79 Å². The molecule has 2 heterocycles. The average molecular weight is 275 g/mol. The van der Waals surface area contributed by atoms with Gasteiger partial charge in [-0.15, -0.1) is 14.8 Å². The normalized spacial score (nSPS) is 22.9. The van der Waals surface area contributed by atoms with E-state index in [9.17, 15) is 4.79 Å². The van der Waals surface area contributed by atoms with E-state index in [1.165, 1.54) is 4.63 Å². The Morgan fingerprint density at radius 3 is 2.75 bits per heavy atom. The van der Waals surface area contributed by atoms with Crippen molar-refractivity contribution in [2.24, 2.45) is 5.92 Å². The van der Waals surface area contributed by atoms with Gasteiger partial charge in [0.2, 0.25) is 0 Å². The Kier molecular flexibility index (Phi) is 3.25. The summed E-state index contributed by atoms with van der Waals surface area (Å²) in [5.41, 5.74) is 0.725. The fourth-order valence-corrected chi connectivity index (χ4v) is 2.66. The van der Waals surface area contributed by atoms with Crippen molar-refractivity contribution < 1.29 is 9.90 Å². The highest BCUT2D eigenvalue weighted by atomic mass is 16.4. The van der Waals surface area contributed by atoms with E-state index in [0.29, 0.717) is 5.82 Å². The molecular weight excluding hydrogens is 258 g/mol. The lowest BCUT2D eigenvalue weighted by Crippen LogP contribution is -2.29. The number of hydrogen-bond acceptors (Lipinski definition) is 5. The van der Waals surface area contributed by atoms with Crippen molar-refractivity contribution in [2.75, 3.05) is 5.32 Å². The maximum Gasteiger partial charge on any atom is 0.306 e. The van der Waals surface area contributed by atoms with Gasteiger partial charge >= 0.3 is 5.97 Å². The molecular formula is C13H17N5O2. The van der Waals surface area contributed by atoms with Crippen molar-refractivity contribution in [3.63, 3.8) is 0 Å². The minimum Gasteiger partial charge on any atom is -0.481 e. The SMILES string of the molecule is Cc1nc2ccc(NC3CCC(C(=O)O)CC3)nn2n1. The number of nitrogens with one attached hydrogen (secondary N) is 1. The Balaban J connectivity index is 1.66. The zero-order valence-electron chi connectivity index (χ0n) is 11.3. The lowest BCUT2D eigenvalue weighted by Gasteiger charge is -2.27. The number of hydrogen-bond donors (Lipinski definition) is 2. The molecule has 2 N–H and O–H groups in total. The third-order valence-corrected chi connectivity index (χ3v) is 3.74. The van der Waals surface area contributed by atoms with Crippen molar-refractivity contribution in [1.29, 1.82) is 0 Å². The molecule has 0 aromatic carbocycles. The highest BCUT2D eigenvalue weighted by molar-refractivity contribution is 5.70. The summed E-state index contributed by atoms with van der Waals surface area (Å²) >= 11 is 0. The standard InChI is InChI=1S/C13H17N5O2/c1-8-14-12-7-6-11(17-18(12)16-8)15-10-4-2-9(3-5-10)13(19)20/h6-7,9-10H,2-5H2,1H3,(H,15,17)(H,19,20). The van der Waals surface area contributed by atoms with Crippen LogP contribution in [0.2, 0.25) is 0 Å². The molecule has 20 heavy (non-hydrogen) atoms. The van der Waals surface area contributed by atoms with E-state index < -0.39 is 5.97 Å². The van der Waals surface area contributed by atoms with E-state index >= 15 is 0 Å². The molecule has 7 heteroatoms. The van der Waals surface area contributed by atoms with E-state index in [-0.39, 0.29) is 12.0 Å². The molecule has 0 atom stereocenters. The molecule has 0 radical (unpaired) electrons. The average Bonchev–Trinajstić information content (AvgIpc) is 2.78. The van der Waals surface area contributed by atoms with Crippen molar-refractivity contribution >= 4 is 17.4 Å². The van der Waals surface area contributed by atoms with Crippen molar-refractivity contribution in [1.82, 2.24) is 19.8 Å². The van der Waals surface area contributed by atoms with Gasteiger partial charge in [0, 0.05) is 6.04 Å². The van der Waals surface area contributed by atoms with Crippen LogP contribution in [0, 0.1) is 12.8 Å². The lowest BCUT2D eigenvalue weighted by molar-refractivity contribution is -0.142. The molecule has 0 bridgehead atoms. The van der Waals surface area contributed by atoms with Crippen molar-refractivity contribution in [3.8, 4) is 0 Å². The molecule has 7 nitrogen and oxygen atoms in total. The molecule has 1 saturated carbocycles. The fraction of sp³-hybridized carbons (Fsp3) is 0.538. The number of aliphatic carboxylic acids is 1. The van der Waals surface area contributed by atoms with Crippen molar-refractivity contribution in [3.05, 3.63) is 18.0 Å². The Bertz CT molecular complexity index is 631. The Morgan fingerprint density at radius 2 is 2.05 bits per heavy atom. The minimum absolute atomic E-state index is 0.193. The Hall–Kier alpha value is -2.18. The van der Waals surface area contributed by atoms with Crippen LogP contribution in [-0.4, -0.2) is 36.9 Å². The van der Waals surface area contributed by atoms with Crippen LogP contribution in [0.15, 0.2) is 12.1 Å². The second kappa shape index (κ2) is 5.07. The minimum atomic E-state index is -0.680. The molecule has 106 valence electrons. The zero-order chi connectivity index (χ0) is 14.1. The van der Waals surface area contributed by atoms with E-state index in [1.807, 2.05) is 19.1 Å². The first-order valence-corrected chi connectivity index (χ1v) is 6.82. The lowest BCUT2D eigenvalue weighted by atomic mass is 9.86. The number of aryl methyl sites for hydroxylation is 1. The van der Waals surface area contributed by atoms with Crippen LogP contribution < -0.4 is 5.32 Å². The van der Waals surface area contributed by atoms with Gasteiger partial charge in [-0.05, 0) is 44.7 Å². The topological polar surface area (TPSA) is 92.4 Å². The number of anilines is 1. The number of carboxylic acid groups (broad SMARTS) is 1. The molecule has 0 unspecified atom stereocenters. The van der Waals surface area contributed by atoms with Gasteiger partial charge in [0.1, 0.15) is 11.6 Å². The third kappa shape index (κ3) is 2.56. The molecule has 1 fully saturated rings. The number of fused-ring (bicyclic) bond motifs is 1. The maximum absolute atomic E-state index is 10.9. The number of aromatic nitrogens is 4. The van der Waals surface area contributed by atoms with E-state index in [1.54, 1.807) is 0 Å². The van der Waals surface area contributed by atoms with Crippen LogP contribution in [0.4, 0.5) is 5.82 Å². The zero-order valence-corrected chi connectivity index (χ0v) is 11.3. The molecule has 0 aliphatic heterocycles. The van der Waals surface area contributed by atoms with Crippen molar-refractivity contribution in [2.45, 2.75) is 38.6 Å². The quantitative estimate of drug-likeness (QED) is 0.881. The molecule has 0 spiro atoms. The van der Waals surface area contributed by atoms with Gasteiger partial charge in [0.15, 0.2) is 5.65 Å². The second-order valence-corrected chi connectivity index (χ2v) is 5.26. The van der Waals surface area contributed by atoms with E-state index in [2.05, 4.69) is 20.5 Å². The summed E-state index contributed by atoms with van der Waals surface area (Å²) < 4.78 is 1.51. The summed E-state index contributed by atoms with van der Waals surface area (Å²) in [6.45, 7) is 1.83. The Labute approximate surface area is 116 Å². The summed E-state index contributed by atoms with van der Waals surface area (Å²) in [7, 11) is 0. The van der Waals surface area contributed by atoms with Gasteiger partial charge in [0.05, 0.1) is 5.92 Å². The van der Waals surface area contributed by atoms with Gasteiger partial charge in [-0.1, -0.05) is 0 Å². The molecule has 3 rings (SSSR count). The van der Waals surface area contributed by atoms with E-state index in [4.69, 9.17) is 5.11 Å². The molecule has 2 aromatic rings. The van der Waals surface area contributed by atoms with Gasteiger partial charge < -0.3 is 10.4 Å². The van der Waals surface area contributed by atoms with Gasteiger partial charge in [0.25, 0.3) is 0 Å². The smallest absolute Gasteiger partial charge is 0.306 e. The first-order valence-electron chi connectivity index (χ1n) is 6.82. The number of nitrogens with zero attached hydrogens (tertiary/aromatic N) is 4. The predicted octanol–water partition coefficient (Wildman–Crippen LogP) is 1.49. The maximum atomic E-state index is 10.9. The molecule has 1 aliphatic carbocycles.